The van der Waals surface area contributed by atoms with Crippen LogP contribution < -0.4 is 15.8 Å². The number of nitrogens with one attached hydrogen (secondary N) is 1. The van der Waals surface area contributed by atoms with Crippen molar-refractivity contribution in [3.63, 3.8) is 0 Å². The first-order valence-corrected chi connectivity index (χ1v) is 7.42. The van der Waals surface area contributed by atoms with Gasteiger partial charge in [0.05, 0.1) is 13.0 Å². The predicted molar refractivity (Wildman–Crippen MR) is 87.2 cm³/mol. The monoisotopic (exact) mass is 348 g/mol. The van der Waals surface area contributed by atoms with Crippen molar-refractivity contribution in [2.45, 2.75) is 6.42 Å². The minimum absolute atomic E-state index is 0.0155. The Balaban J connectivity index is 1.67. The Morgan fingerprint density at radius 2 is 1.76 bits per heavy atom. The molecule has 0 heterocycles. The van der Waals surface area contributed by atoms with E-state index >= 15 is 0 Å². The first kappa shape index (κ1) is 15.4. The maximum Gasteiger partial charge on any atom is 0.224 e. The molecule has 0 bridgehead atoms. The molecule has 110 valence electrons. The van der Waals surface area contributed by atoms with Crippen molar-refractivity contribution in [1.82, 2.24) is 5.32 Å². The SMILES string of the molecule is Nc1ccc(OCCNC(=O)Cc2ccc(Br)cc2)cc1. The van der Waals surface area contributed by atoms with Crippen molar-refractivity contribution in [3.8, 4) is 5.75 Å². The minimum atomic E-state index is -0.0155. The lowest BCUT2D eigenvalue weighted by molar-refractivity contribution is -0.120. The molecule has 2 aromatic rings. The summed E-state index contributed by atoms with van der Waals surface area (Å²) in [7, 11) is 0. The Morgan fingerprint density at radius 1 is 1.10 bits per heavy atom. The molecular formula is C16H17BrN2O2. The fourth-order valence-electron chi connectivity index (χ4n) is 1.77. The zero-order chi connectivity index (χ0) is 15.1. The zero-order valence-corrected chi connectivity index (χ0v) is 13.1. The normalized spacial score (nSPS) is 10.1. The van der Waals surface area contributed by atoms with E-state index in [4.69, 9.17) is 10.5 Å². The minimum Gasteiger partial charge on any atom is -0.492 e. The summed E-state index contributed by atoms with van der Waals surface area (Å²) in [6.07, 6.45) is 0.370. The number of carbonyl (C=O) groups excluding carboxylic acids is 1. The first-order valence-electron chi connectivity index (χ1n) is 6.63. The van der Waals surface area contributed by atoms with Gasteiger partial charge in [0.2, 0.25) is 5.91 Å². The predicted octanol–water partition coefficient (Wildman–Crippen LogP) is 2.77. The van der Waals surface area contributed by atoms with Crippen molar-refractivity contribution in [1.29, 1.82) is 0 Å². The number of rotatable bonds is 6. The fraction of sp³-hybridized carbons (Fsp3) is 0.188. The second-order valence-electron chi connectivity index (χ2n) is 4.57. The molecule has 0 aromatic heterocycles. The number of benzene rings is 2. The number of anilines is 1. The van der Waals surface area contributed by atoms with Crippen LogP contribution in [0.3, 0.4) is 0 Å². The molecule has 21 heavy (non-hydrogen) atoms. The molecule has 0 atom stereocenters. The van der Waals surface area contributed by atoms with Gasteiger partial charge >= 0.3 is 0 Å². The van der Waals surface area contributed by atoms with E-state index in [2.05, 4.69) is 21.2 Å². The molecule has 0 fully saturated rings. The summed E-state index contributed by atoms with van der Waals surface area (Å²) < 4.78 is 6.50. The second-order valence-corrected chi connectivity index (χ2v) is 5.49. The van der Waals surface area contributed by atoms with Crippen molar-refractivity contribution < 1.29 is 9.53 Å². The number of nitrogen functional groups attached to an aromatic ring is 1. The molecule has 5 heteroatoms. The van der Waals surface area contributed by atoms with Crippen LogP contribution in [0.25, 0.3) is 0 Å². The lowest BCUT2D eigenvalue weighted by Gasteiger charge is -2.08. The standard InChI is InChI=1S/C16H17BrN2O2/c17-13-3-1-12(2-4-13)11-16(20)19-9-10-21-15-7-5-14(18)6-8-15/h1-8H,9-11,18H2,(H,19,20). The van der Waals surface area contributed by atoms with Gasteiger partial charge in [-0.3, -0.25) is 4.79 Å². The highest BCUT2D eigenvalue weighted by Gasteiger charge is 2.03. The number of hydrogen-bond acceptors (Lipinski definition) is 3. The van der Waals surface area contributed by atoms with Gasteiger partial charge in [-0.05, 0) is 42.0 Å². The van der Waals surface area contributed by atoms with Crippen LogP contribution in [0.5, 0.6) is 5.75 Å². The topological polar surface area (TPSA) is 64.3 Å². The van der Waals surface area contributed by atoms with Crippen LogP contribution in [0.2, 0.25) is 0 Å². The van der Waals surface area contributed by atoms with E-state index < -0.39 is 0 Å². The highest BCUT2D eigenvalue weighted by atomic mass is 79.9. The van der Waals surface area contributed by atoms with Crippen LogP contribution >= 0.6 is 15.9 Å². The van der Waals surface area contributed by atoms with Gasteiger partial charge < -0.3 is 15.8 Å². The lowest BCUT2D eigenvalue weighted by atomic mass is 10.1. The van der Waals surface area contributed by atoms with Crippen molar-refractivity contribution in [2.24, 2.45) is 0 Å². The highest BCUT2D eigenvalue weighted by molar-refractivity contribution is 9.10. The van der Waals surface area contributed by atoms with E-state index in [0.29, 0.717) is 25.3 Å². The van der Waals surface area contributed by atoms with Crippen LogP contribution in [-0.4, -0.2) is 19.1 Å². The maximum atomic E-state index is 11.8. The molecule has 2 aromatic carbocycles. The maximum absolute atomic E-state index is 11.8. The third kappa shape index (κ3) is 5.47. The average molecular weight is 349 g/mol. The van der Waals surface area contributed by atoms with Gasteiger partial charge in [-0.2, -0.15) is 0 Å². The van der Waals surface area contributed by atoms with Gasteiger partial charge in [-0.1, -0.05) is 28.1 Å². The fourth-order valence-corrected chi connectivity index (χ4v) is 2.04. The molecule has 0 aliphatic heterocycles. The second kappa shape index (κ2) is 7.69. The highest BCUT2D eigenvalue weighted by Crippen LogP contribution is 2.12. The van der Waals surface area contributed by atoms with Gasteiger partial charge in [0.1, 0.15) is 12.4 Å². The first-order chi connectivity index (χ1) is 10.1. The van der Waals surface area contributed by atoms with Crippen molar-refractivity contribution >= 4 is 27.5 Å². The Morgan fingerprint density at radius 3 is 2.43 bits per heavy atom. The summed E-state index contributed by atoms with van der Waals surface area (Å²) in [5.41, 5.74) is 7.27. The van der Waals surface area contributed by atoms with Crippen LogP contribution in [0.15, 0.2) is 53.0 Å². The van der Waals surface area contributed by atoms with Crippen molar-refractivity contribution in [3.05, 3.63) is 58.6 Å². The molecule has 0 saturated carbocycles. The summed E-state index contributed by atoms with van der Waals surface area (Å²) in [6, 6.07) is 14.9. The third-order valence-electron chi connectivity index (χ3n) is 2.85. The number of amides is 1. The number of carbonyl (C=O) groups is 1. The molecule has 0 spiro atoms. The van der Waals surface area contributed by atoms with Crippen LogP contribution in [-0.2, 0) is 11.2 Å². The number of halogens is 1. The van der Waals surface area contributed by atoms with Crippen LogP contribution in [0.4, 0.5) is 5.69 Å². The van der Waals surface area contributed by atoms with E-state index in [-0.39, 0.29) is 5.91 Å². The number of ether oxygens (including phenoxy) is 1. The van der Waals surface area contributed by atoms with Gasteiger partial charge in [0.25, 0.3) is 0 Å². The van der Waals surface area contributed by atoms with Crippen molar-refractivity contribution in [2.75, 3.05) is 18.9 Å². The smallest absolute Gasteiger partial charge is 0.224 e. The van der Waals surface area contributed by atoms with E-state index in [1.54, 1.807) is 24.3 Å². The molecule has 0 unspecified atom stereocenters. The summed E-state index contributed by atoms with van der Waals surface area (Å²) in [5, 5.41) is 2.83. The molecule has 1 amide bonds. The lowest BCUT2D eigenvalue weighted by Crippen LogP contribution is -2.29. The van der Waals surface area contributed by atoms with Gasteiger partial charge in [-0.25, -0.2) is 0 Å². The Hall–Kier alpha value is -2.01. The van der Waals surface area contributed by atoms with E-state index in [1.165, 1.54) is 0 Å². The van der Waals surface area contributed by atoms with Gasteiger partial charge in [-0.15, -0.1) is 0 Å². The third-order valence-corrected chi connectivity index (χ3v) is 3.38. The number of hydrogen-bond donors (Lipinski definition) is 2. The van der Waals surface area contributed by atoms with Crippen LogP contribution in [0, 0.1) is 0 Å². The average Bonchev–Trinajstić information content (AvgIpc) is 2.48. The largest absolute Gasteiger partial charge is 0.492 e. The summed E-state index contributed by atoms with van der Waals surface area (Å²) in [6.45, 7) is 0.899. The Labute approximate surface area is 132 Å². The number of nitrogens with two attached hydrogens (primary N) is 1. The molecule has 0 aliphatic rings. The van der Waals surface area contributed by atoms with Gasteiger partial charge in [0, 0.05) is 10.2 Å². The van der Waals surface area contributed by atoms with E-state index in [0.717, 1.165) is 15.8 Å². The van der Waals surface area contributed by atoms with E-state index in [9.17, 15) is 4.79 Å². The Kier molecular flexibility index (Phi) is 5.63. The quantitative estimate of drug-likeness (QED) is 0.623. The summed E-state index contributed by atoms with van der Waals surface area (Å²) >= 11 is 3.36. The van der Waals surface area contributed by atoms with Crippen LogP contribution in [0.1, 0.15) is 5.56 Å². The molecule has 0 radical (unpaired) electrons. The molecule has 0 saturated heterocycles. The van der Waals surface area contributed by atoms with Gasteiger partial charge in [0.15, 0.2) is 0 Å². The van der Waals surface area contributed by atoms with E-state index in [1.807, 2.05) is 24.3 Å². The molecule has 2 rings (SSSR count). The summed E-state index contributed by atoms with van der Waals surface area (Å²) in [5.74, 6) is 0.726. The molecular weight excluding hydrogens is 332 g/mol. The summed E-state index contributed by atoms with van der Waals surface area (Å²) in [4.78, 5) is 11.8. The Bertz CT molecular complexity index is 582. The molecule has 0 aliphatic carbocycles. The zero-order valence-electron chi connectivity index (χ0n) is 11.5. The molecule has 3 N–H and O–H groups in total. The molecule has 4 nitrogen and oxygen atoms in total.